The van der Waals surface area contributed by atoms with E-state index >= 15 is 0 Å². The van der Waals surface area contributed by atoms with Crippen LogP contribution in [0.2, 0.25) is 0 Å². The minimum absolute atomic E-state index is 0.266. The summed E-state index contributed by atoms with van der Waals surface area (Å²) < 4.78 is 29.2. The number of allylic oxidation sites excluding steroid dienone is 2. The monoisotopic (exact) mass is 388 g/mol. The predicted octanol–water partition coefficient (Wildman–Crippen LogP) is 7.58. The first kappa shape index (κ1) is 19.9. The van der Waals surface area contributed by atoms with E-state index in [0.717, 1.165) is 36.0 Å². The molecule has 0 saturated heterocycles. The second-order valence-corrected chi connectivity index (χ2v) is 9.29. The number of fused-ring (bicyclic) bond motifs is 3. The Morgan fingerprint density at radius 1 is 0.929 bits per heavy atom. The van der Waals surface area contributed by atoms with Crippen LogP contribution in [0.3, 0.4) is 0 Å². The SMILES string of the molecule is CCC=C[C@@H]1CC[C@H]2[C@H](CC[C@H]3C[C@H](c4ccc(OC(F)F)cc4)CC[C@@H]32)C1. The van der Waals surface area contributed by atoms with Gasteiger partial charge in [-0.3, -0.25) is 0 Å². The standard InChI is InChI=1S/C25H34F2O/c1-2-3-4-17-5-13-23-20(15-17)6-7-21-16-19(10-14-24(21)23)18-8-11-22(12-9-18)28-25(26)27/h3-4,8-9,11-12,17,19-21,23-25H,2,5-7,10,13-16H2,1H3/t17-,19-,20-,21+,23+,24+/m1/s1. The molecule has 1 aromatic rings. The van der Waals surface area contributed by atoms with Crippen molar-refractivity contribution in [3.8, 4) is 5.75 Å². The van der Waals surface area contributed by atoms with Crippen molar-refractivity contribution in [1.29, 1.82) is 0 Å². The maximum Gasteiger partial charge on any atom is 0.387 e. The van der Waals surface area contributed by atoms with E-state index in [1.807, 2.05) is 12.1 Å². The minimum atomic E-state index is -2.75. The van der Waals surface area contributed by atoms with Gasteiger partial charge in [-0.1, -0.05) is 31.2 Å². The highest BCUT2D eigenvalue weighted by atomic mass is 19.3. The Kier molecular flexibility index (Phi) is 6.38. The number of halogens is 2. The minimum Gasteiger partial charge on any atom is -0.435 e. The molecule has 0 N–H and O–H groups in total. The molecule has 3 aliphatic carbocycles. The smallest absolute Gasteiger partial charge is 0.387 e. The van der Waals surface area contributed by atoms with Crippen LogP contribution in [0.4, 0.5) is 8.78 Å². The van der Waals surface area contributed by atoms with Gasteiger partial charge in [0.1, 0.15) is 5.75 Å². The molecule has 6 atom stereocenters. The number of hydrogen-bond acceptors (Lipinski definition) is 1. The summed E-state index contributed by atoms with van der Waals surface area (Å²) in [5, 5.41) is 0. The van der Waals surface area contributed by atoms with Gasteiger partial charge in [0, 0.05) is 0 Å². The quantitative estimate of drug-likeness (QED) is 0.472. The van der Waals surface area contributed by atoms with Crippen LogP contribution >= 0.6 is 0 Å². The van der Waals surface area contributed by atoms with Crippen molar-refractivity contribution >= 4 is 0 Å². The van der Waals surface area contributed by atoms with Gasteiger partial charge in [0.2, 0.25) is 0 Å². The zero-order chi connectivity index (χ0) is 19.5. The summed E-state index contributed by atoms with van der Waals surface area (Å²) in [4.78, 5) is 0. The van der Waals surface area contributed by atoms with Crippen molar-refractivity contribution in [3.05, 3.63) is 42.0 Å². The normalized spacial score (nSPS) is 35.6. The number of rotatable bonds is 5. The summed E-state index contributed by atoms with van der Waals surface area (Å²) in [5.41, 5.74) is 1.30. The fourth-order valence-corrected chi connectivity index (χ4v) is 6.56. The average molecular weight is 389 g/mol. The summed E-state index contributed by atoms with van der Waals surface area (Å²) in [7, 11) is 0. The van der Waals surface area contributed by atoms with Crippen molar-refractivity contribution in [2.75, 3.05) is 0 Å². The highest BCUT2D eigenvalue weighted by Crippen LogP contribution is 2.54. The molecule has 0 amide bonds. The molecule has 0 bridgehead atoms. The molecule has 28 heavy (non-hydrogen) atoms. The van der Waals surface area contributed by atoms with E-state index in [-0.39, 0.29) is 5.75 Å². The van der Waals surface area contributed by atoms with Crippen molar-refractivity contribution in [1.82, 2.24) is 0 Å². The van der Waals surface area contributed by atoms with Crippen molar-refractivity contribution in [3.63, 3.8) is 0 Å². The van der Waals surface area contributed by atoms with Crippen LogP contribution in [0, 0.1) is 29.6 Å². The zero-order valence-corrected chi connectivity index (χ0v) is 17.0. The maximum absolute atomic E-state index is 12.4. The molecule has 154 valence electrons. The molecular formula is C25H34F2O. The molecule has 0 unspecified atom stereocenters. The van der Waals surface area contributed by atoms with E-state index in [2.05, 4.69) is 23.8 Å². The van der Waals surface area contributed by atoms with Gasteiger partial charge in [0.05, 0.1) is 0 Å². The van der Waals surface area contributed by atoms with E-state index in [1.165, 1.54) is 56.9 Å². The van der Waals surface area contributed by atoms with Crippen LogP contribution in [0.1, 0.15) is 76.2 Å². The van der Waals surface area contributed by atoms with Crippen LogP contribution in [-0.4, -0.2) is 6.61 Å². The van der Waals surface area contributed by atoms with Crippen molar-refractivity contribution in [2.45, 2.75) is 77.2 Å². The molecular weight excluding hydrogens is 354 g/mol. The molecule has 4 rings (SSSR count). The second kappa shape index (κ2) is 8.97. The van der Waals surface area contributed by atoms with Crippen molar-refractivity contribution < 1.29 is 13.5 Å². The lowest BCUT2D eigenvalue weighted by atomic mass is 9.55. The third-order valence-corrected chi connectivity index (χ3v) is 7.80. The first-order valence-corrected chi connectivity index (χ1v) is 11.4. The van der Waals surface area contributed by atoms with Gasteiger partial charge in [0.25, 0.3) is 0 Å². The summed E-state index contributed by atoms with van der Waals surface area (Å²) in [6, 6.07) is 7.41. The molecule has 0 radical (unpaired) electrons. The van der Waals surface area contributed by atoms with Gasteiger partial charge in [-0.2, -0.15) is 8.78 Å². The third-order valence-electron chi connectivity index (χ3n) is 7.80. The zero-order valence-electron chi connectivity index (χ0n) is 17.0. The molecule has 0 aliphatic heterocycles. The molecule has 3 heteroatoms. The summed E-state index contributed by atoms with van der Waals surface area (Å²) in [6.07, 6.45) is 16.9. The molecule has 0 heterocycles. The molecule has 1 nitrogen and oxygen atoms in total. The summed E-state index contributed by atoms with van der Waals surface area (Å²) in [6.45, 7) is -0.519. The van der Waals surface area contributed by atoms with Gasteiger partial charge in [-0.05, 0) is 111 Å². The Bertz CT molecular complexity index is 653. The molecule has 0 aromatic heterocycles. The Hall–Kier alpha value is -1.38. The summed E-state index contributed by atoms with van der Waals surface area (Å²) >= 11 is 0. The predicted molar refractivity (Wildman–Crippen MR) is 110 cm³/mol. The molecule has 3 fully saturated rings. The Morgan fingerprint density at radius 2 is 1.61 bits per heavy atom. The van der Waals surface area contributed by atoms with Crippen LogP contribution in [0.5, 0.6) is 5.75 Å². The van der Waals surface area contributed by atoms with Gasteiger partial charge in [-0.15, -0.1) is 0 Å². The fourth-order valence-electron chi connectivity index (χ4n) is 6.56. The topological polar surface area (TPSA) is 9.23 Å². The number of ether oxygens (including phenoxy) is 1. The van der Waals surface area contributed by atoms with Crippen molar-refractivity contribution in [2.24, 2.45) is 29.6 Å². The summed E-state index contributed by atoms with van der Waals surface area (Å²) in [5.74, 6) is 5.36. The molecule has 1 aromatic carbocycles. The Balaban J connectivity index is 1.36. The van der Waals surface area contributed by atoms with Gasteiger partial charge >= 0.3 is 6.61 Å². The van der Waals surface area contributed by atoms with E-state index < -0.39 is 6.61 Å². The van der Waals surface area contributed by atoms with E-state index in [1.54, 1.807) is 12.1 Å². The molecule has 3 aliphatic rings. The lowest BCUT2D eigenvalue weighted by molar-refractivity contribution is -0.0498. The Morgan fingerprint density at radius 3 is 2.29 bits per heavy atom. The molecule has 0 spiro atoms. The fraction of sp³-hybridized carbons (Fsp3) is 0.680. The largest absolute Gasteiger partial charge is 0.435 e. The van der Waals surface area contributed by atoms with Crippen LogP contribution in [-0.2, 0) is 0 Å². The average Bonchev–Trinajstić information content (AvgIpc) is 2.71. The number of alkyl halides is 2. The lowest BCUT2D eigenvalue weighted by Crippen LogP contribution is -2.41. The highest BCUT2D eigenvalue weighted by molar-refractivity contribution is 5.30. The third kappa shape index (κ3) is 4.44. The van der Waals surface area contributed by atoms with Crippen LogP contribution in [0.25, 0.3) is 0 Å². The molecule has 3 saturated carbocycles. The lowest BCUT2D eigenvalue weighted by Gasteiger charge is -2.50. The van der Waals surface area contributed by atoms with E-state index in [0.29, 0.717) is 5.92 Å². The maximum atomic E-state index is 12.4. The second-order valence-electron chi connectivity index (χ2n) is 9.29. The number of hydrogen-bond donors (Lipinski definition) is 0. The first-order valence-electron chi connectivity index (χ1n) is 11.4. The van der Waals surface area contributed by atoms with E-state index in [9.17, 15) is 8.78 Å². The van der Waals surface area contributed by atoms with E-state index in [4.69, 9.17) is 0 Å². The van der Waals surface area contributed by atoms with Crippen LogP contribution < -0.4 is 4.74 Å². The number of benzene rings is 1. The Labute approximate surface area is 168 Å². The van der Waals surface area contributed by atoms with Gasteiger partial charge in [-0.25, -0.2) is 0 Å². The van der Waals surface area contributed by atoms with Gasteiger partial charge < -0.3 is 4.74 Å². The van der Waals surface area contributed by atoms with Crippen LogP contribution in [0.15, 0.2) is 36.4 Å². The van der Waals surface area contributed by atoms with Gasteiger partial charge in [0.15, 0.2) is 0 Å². The first-order chi connectivity index (χ1) is 13.6. The highest BCUT2D eigenvalue weighted by Gasteiger charge is 2.44.